The SMILES string of the molecule is CCOC(CCCNCc1cscn1)OCC. The van der Waals surface area contributed by atoms with Crippen LogP contribution in [0.5, 0.6) is 0 Å². The van der Waals surface area contributed by atoms with Gasteiger partial charge in [0, 0.05) is 25.1 Å². The number of thiazole rings is 1. The van der Waals surface area contributed by atoms with E-state index < -0.39 is 0 Å². The lowest BCUT2D eigenvalue weighted by Gasteiger charge is -2.16. The number of aromatic nitrogens is 1. The first kappa shape index (κ1) is 14.6. The zero-order valence-corrected chi connectivity index (χ0v) is 11.5. The molecular weight excluding hydrogens is 236 g/mol. The van der Waals surface area contributed by atoms with Gasteiger partial charge in [0.15, 0.2) is 6.29 Å². The summed E-state index contributed by atoms with van der Waals surface area (Å²) in [5.41, 5.74) is 2.97. The Morgan fingerprint density at radius 2 is 2.12 bits per heavy atom. The Balaban J connectivity index is 2.01. The predicted molar refractivity (Wildman–Crippen MR) is 70.1 cm³/mol. The van der Waals surface area contributed by atoms with Crippen LogP contribution in [0.3, 0.4) is 0 Å². The molecule has 0 bridgehead atoms. The first-order valence-corrected chi connectivity index (χ1v) is 7.12. The van der Waals surface area contributed by atoms with Gasteiger partial charge in [-0.25, -0.2) is 4.98 Å². The maximum absolute atomic E-state index is 5.47. The van der Waals surface area contributed by atoms with Crippen molar-refractivity contribution >= 4 is 11.3 Å². The average Bonchev–Trinajstić information content (AvgIpc) is 2.82. The smallest absolute Gasteiger partial charge is 0.157 e. The highest BCUT2D eigenvalue weighted by molar-refractivity contribution is 7.07. The normalized spacial score (nSPS) is 11.2. The zero-order valence-electron chi connectivity index (χ0n) is 10.6. The third kappa shape index (κ3) is 6.73. The molecule has 0 aromatic carbocycles. The van der Waals surface area contributed by atoms with Crippen LogP contribution >= 0.6 is 11.3 Å². The van der Waals surface area contributed by atoms with Crippen molar-refractivity contribution < 1.29 is 9.47 Å². The quantitative estimate of drug-likeness (QED) is 0.517. The fourth-order valence-corrected chi connectivity index (χ4v) is 2.08. The van der Waals surface area contributed by atoms with Crippen LogP contribution in [0.25, 0.3) is 0 Å². The molecule has 0 spiro atoms. The molecule has 1 aromatic rings. The second-order valence-electron chi connectivity index (χ2n) is 3.64. The van der Waals surface area contributed by atoms with Gasteiger partial charge in [0.05, 0.1) is 11.2 Å². The minimum atomic E-state index is -0.0499. The van der Waals surface area contributed by atoms with Crippen LogP contribution in [0.2, 0.25) is 0 Å². The van der Waals surface area contributed by atoms with Crippen molar-refractivity contribution in [3.63, 3.8) is 0 Å². The minimum Gasteiger partial charge on any atom is -0.353 e. The van der Waals surface area contributed by atoms with Crippen LogP contribution in [0.4, 0.5) is 0 Å². The van der Waals surface area contributed by atoms with E-state index in [-0.39, 0.29) is 6.29 Å². The molecule has 4 nitrogen and oxygen atoms in total. The Kier molecular flexibility index (Phi) is 8.17. The van der Waals surface area contributed by atoms with Crippen molar-refractivity contribution in [3.8, 4) is 0 Å². The molecule has 0 radical (unpaired) electrons. The molecule has 0 aliphatic rings. The molecule has 0 unspecified atom stereocenters. The van der Waals surface area contributed by atoms with E-state index in [0.717, 1.165) is 31.6 Å². The maximum atomic E-state index is 5.47. The highest BCUT2D eigenvalue weighted by Gasteiger charge is 2.06. The summed E-state index contributed by atoms with van der Waals surface area (Å²) in [5, 5.41) is 5.43. The van der Waals surface area contributed by atoms with E-state index in [1.54, 1.807) is 11.3 Å². The molecule has 0 fully saturated rings. The molecular formula is C12H22N2O2S. The zero-order chi connectivity index (χ0) is 12.3. The van der Waals surface area contributed by atoms with E-state index in [0.29, 0.717) is 13.2 Å². The summed E-state index contributed by atoms with van der Waals surface area (Å²) >= 11 is 1.63. The number of nitrogens with one attached hydrogen (secondary N) is 1. The van der Waals surface area contributed by atoms with Crippen LogP contribution in [0, 0.1) is 0 Å². The van der Waals surface area contributed by atoms with Crippen LogP contribution in [0.15, 0.2) is 10.9 Å². The molecule has 0 atom stereocenters. The average molecular weight is 258 g/mol. The van der Waals surface area contributed by atoms with Crippen molar-refractivity contribution in [2.75, 3.05) is 19.8 Å². The fraction of sp³-hybridized carbons (Fsp3) is 0.750. The summed E-state index contributed by atoms with van der Waals surface area (Å²) in [6, 6.07) is 0. The molecule has 98 valence electrons. The standard InChI is InChI=1S/C12H22N2O2S/c1-3-15-12(16-4-2)6-5-7-13-8-11-9-17-10-14-11/h9-10,12-13H,3-8H2,1-2H3. The van der Waals surface area contributed by atoms with E-state index in [2.05, 4.69) is 15.7 Å². The summed E-state index contributed by atoms with van der Waals surface area (Å²) in [7, 11) is 0. The van der Waals surface area contributed by atoms with Gasteiger partial charge in [0.1, 0.15) is 0 Å². The lowest BCUT2D eigenvalue weighted by Crippen LogP contribution is -2.21. The molecule has 1 rings (SSSR count). The van der Waals surface area contributed by atoms with E-state index >= 15 is 0 Å². The maximum Gasteiger partial charge on any atom is 0.157 e. The van der Waals surface area contributed by atoms with Crippen molar-refractivity contribution in [1.82, 2.24) is 10.3 Å². The van der Waals surface area contributed by atoms with Crippen molar-refractivity contribution in [1.29, 1.82) is 0 Å². The Hall–Kier alpha value is -0.490. The summed E-state index contributed by atoms with van der Waals surface area (Å²) in [6.07, 6.45) is 1.94. The molecule has 0 amide bonds. The van der Waals surface area contributed by atoms with Gasteiger partial charge >= 0.3 is 0 Å². The summed E-state index contributed by atoms with van der Waals surface area (Å²) in [6.45, 7) is 7.21. The lowest BCUT2D eigenvalue weighted by atomic mass is 10.3. The molecule has 17 heavy (non-hydrogen) atoms. The Bertz CT molecular complexity index is 261. The Morgan fingerprint density at radius 1 is 1.35 bits per heavy atom. The van der Waals surface area contributed by atoms with Crippen LogP contribution in [-0.4, -0.2) is 31.0 Å². The minimum absolute atomic E-state index is 0.0499. The summed E-state index contributed by atoms with van der Waals surface area (Å²) in [5.74, 6) is 0. The molecule has 0 saturated heterocycles. The number of hydrogen-bond donors (Lipinski definition) is 1. The van der Waals surface area contributed by atoms with Gasteiger partial charge in [0.2, 0.25) is 0 Å². The highest BCUT2D eigenvalue weighted by atomic mass is 32.1. The molecule has 1 aromatic heterocycles. The third-order valence-electron chi connectivity index (χ3n) is 2.29. The van der Waals surface area contributed by atoms with E-state index in [1.807, 2.05) is 19.4 Å². The Morgan fingerprint density at radius 3 is 2.71 bits per heavy atom. The first-order valence-electron chi connectivity index (χ1n) is 6.17. The van der Waals surface area contributed by atoms with Gasteiger partial charge in [0.25, 0.3) is 0 Å². The molecule has 1 N–H and O–H groups in total. The van der Waals surface area contributed by atoms with Crippen LogP contribution in [0.1, 0.15) is 32.4 Å². The third-order valence-corrected chi connectivity index (χ3v) is 2.92. The number of ether oxygens (including phenoxy) is 2. The van der Waals surface area contributed by atoms with E-state index in [1.165, 1.54) is 0 Å². The molecule has 0 saturated carbocycles. The second kappa shape index (κ2) is 9.53. The highest BCUT2D eigenvalue weighted by Crippen LogP contribution is 2.04. The topological polar surface area (TPSA) is 43.4 Å². The molecule has 0 aliphatic carbocycles. The molecule has 1 heterocycles. The number of rotatable bonds is 10. The van der Waals surface area contributed by atoms with Gasteiger partial charge in [-0.2, -0.15) is 0 Å². The van der Waals surface area contributed by atoms with Crippen molar-refractivity contribution in [3.05, 3.63) is 16.6 Å². The summed E-state index contributed by atoms with van der Waals surface area (Å²) < 4.78 is 10.9. The van der Waals surface area contributed by atoms with Crippen molar-refractivity contribution in [2.24, 2.45) is 0 Å². The summed E-state index contributed by atoms with van der Waals surface area (Å²) in [4.78, 5) is 4.21. The lowest BCUT2D eigenvalue weighted by molar-refractivity contribution is -0.139. The second-order valence-corrected chi connectivity index (χ2v) is 4.36. The first-order chi connectivity index (χ1) is 8.36. The predicted octanol–water partition coefficient (Wildman–Crippen LogP) is 2.41. The van der Waals surface area contributed by atoms with E-state index in [9.17, 15) is 0 Å². The van der Waals surface area contributed by atoms with Crippen LogP contribution in [-0.2, 0) is 16.0 Å². The largest absolute Gasteiger partial charge is 0.353 e. The van der Waals surface area contributed by atoms with Crippen molar-refractivity contribution in [2.45, 2.75) is 39.5 Å². The van der Waals surface area contributed by atoms with Gasteiger partial charge in [-0.1, -0.05) is 0 Å². The monoisotopic (exact) mass is 258 g/mol. The fourth-order valence-electron chi connectivity index (χ4n) is 1.52. The Labute approximate surface area is 107 Å². The van der Waals surface area contributed by atoms with Gasteiger partial charge in [-0.15, -0.1) is 11.3 Å². The van der Waals surface area contributed by atoms with Crippen LogP contribution < -0.4 is 5.32 Å². The van der Waals surface area contributed by atoms with Gasteiger partial charge in [-0.05, 0) is 33.2 Å². The molecule has 5 heteroatoms. The number of nitrogens with zero attached hydrogens (tertiary/aromatic N) is 1. The van der Waals surface area contributed by atoms with E-state index in [4.69, 9.17) is 9.47 Å². The van der Waals surface area contributed by atoms with Gasteiger partial charge in [-0.3, -0.25) is 0 Å². The molecule has 0 aliphatic heterocycles. The van der Waals surface area contributed by atoms with Gasteiger partial charge < -0.3 is 14.8 Å². The number of hydrogen-bond acceptors (Lipinski definition) is 5.